The Hall–Kier alpha value is -3.65. The zero-order valence-electron chi connectivity index (χ0n) is 16.8. The van der Waals surface area contributed by atoms with E-state index in [-0.39, 0.29) is 16.2 Å². The number of nitrogens with zero attached hydrogens (tertiary/aromatic N) is 1. The molecule has 3 aromatic carbocycles. The van der Waals surface area contributed by atoms with Gasteiger partial charge in [-0.05, 0) is 23.8 Å². The van der Waals surface area contributed by atoms with Crippen molar-refractivity contribution in [3.63, 3.8) is 0 Å². The molecule has 0 aliphatic carbocycles. The molecular weight excluding hydrogens is 419 g/mol. The monoisotopic (exact) mass is 438 g/mol. The molecule has 6 nitrogen and oxygen atoms in total. The number of hydrogen-bond donors (Lipinski definition) is 1. The van der Waals surface area contributed by atoms with Crippen LogP contribution < -0.4 is 9.62 Å². The largest absolute Gasteiger partial charge is 0.451 e. The number of carbonyl (C=O) groups is 1. The molecule has 1 N–H and O–H groups in total. The molecule has 31 heavy (non-hydrogen) atoms. The summed E-state index contributed by atoms with van der Waals surface area (Å²) in [5.41, 5.74) is 1.73. The molecule has 158 valence electrons. The van der Waals surface area contributed by atoms with Gasteiger partial charge in [-0.3, -0.25) is 4.79 Å². The minimum Gasteiger partial charge on any atom is -0.451 e. The third kappa shape index (κ3) is 4.02. The standard InChI is InChI=1S/C23H19FN2O4S/c1-26(2)19-14-20-16(12-18(19)24)13-21(30-20)23(27)25-31(28,29)22-11-7-6-10-17(22)15-8-4-3-5-9-15/h3-14H,1-2H3,(H,25,27). The lowest BCUT2D eigenvalue weighted by Crippen LogP contribution is -2.30. The average Bonchev–Trinajstić information content (AvgIpc) is 3.16. The molecule has 0 aliphatic heterocycles. The second-order valence-corrected chi connectivity index (χ2v) is 8.79. The van der Waals surface area contributed by atoms with Gasteiger partial charge in [-0.2, -0.15) is 0 Å². The summed E-state index contributed by atoms with van der Waals surface area (Å²) in [5.74, 6) is -1.65. The molecule has 0 spiro atoms. The minimum absolute atomic E-state index is 0.0356. The fourth-order valence-corrected chi connectivity index (χ4v) is 4.48. The molecular formula is C23H19FN2O4S. The molecule has 0 atom stereocenters. The molecule has 4 aromatic rings. The van der Waals surface area contributed by atoms with E-state index < -0.39 is 21.7 Å². The smallest absolute Gasteiger partial charge is 0.300 e. The fraction of sp³-hybridized carbons (Fsp3) is 0.0870. The lowest BCUT2D eigenvalue weighted by molar-refractivity contribution is 0.0956. The first-order valence-corrected chi connectivity index (χ1v) is 10.9. The highest BCUT2D eigenvalue weighted by Crippen LogP contribution is 2.29. The van der Waals surface area contributed by atoms with Crippen LogP contribution in [0.5, 0.6) is 0 Å². The first-order valence-electron chi connectivity index (χ1n) is 9.38. The molecule has 0 saturated heterocycles. The minimum atomic E-state index is -4.20. The van der Waals surface area contributed by atoms with Crippen LogP contribution in [-0.2, 0) is 10.0 Å². The third-order valence-corrected chi connectivity index (χ3v) is 6.17. The second kappa shape index (κ2) is 7.88. The van der Waals surface area contributed by atoms with Gasteiger partial charge in [0.15, 0.2) is 5.76 Å². The van der Waals surface area contributed by atoms with Crippen molar-refractivity contribution < 1.29 is 22.0 Å². The maximum Gasteiger partial charge on any atom is 0.300 e. The lowest BCUT2D eigenvalue weighted by Gasteiger charge is -2.12. The predicted octanol–water partition coefficient (Wildman–Crippen LogP) is 4.42. The van der Waals surface area contributed by atoms with E-state index in [9.17, 15) is 17.6 Å². The van der Waals surface area contributed by atoms with Crippen LogP contribution in [0.2, 0.25) is 0 Å². The van der Waals surface area contributed by atoms with Crippen LogP contribution in [-0.4, -0.2) is 28.4 Å². The number of halogens is 1. The van der Waals surface area contributed by atoms with Crippen LogP contribution in [0.15, 0.2) is 82.1 Å². The predicted molar refractivity (Wildman–Crippen MR) is 117 cm³/mol. The van der Waals surface area contributed by atoms with Gasteiger partial charge in [-0.1, -0.05) is 48.5 Å². The molecule has 0 bridgehead atoms. The number of furan rings is 1. The first-order chi connectivity index (χ1) is 14.8. The van der Waals surface area contributed by atoms with Gasteiger partial charge in [0.25, 0.3) is 10.0 Å². The van der Waals surface area contributed by atoms with Crippen LogP contribution in [0.25, 0.3) is 22.1 Å². The molecule has 0 radical (unpaired) electrons. The van der Waals surface area contributed by atoms with Crippen LogP contribution in [0.1, 0.15) is 10.6 Å². The van der Waals surface area contributed by atoms with E-state index in [1.165, 1.54) is 24.3 Å². The maximum absolute atomic E-state index is 14.2. The van der Waals surface area contributed by atoms with Crippen LogP contribution in [0, 0.1) is 5.82 Å². The number of benzene rings is 3. The van der Waals surface area contributed by atoms with Crippen LogP contribution in [0.3, 0.4) is 0 Å². The van der Waals surface area contributed by atoms with Gasteiger partial charge in [-0.25, -0.2) is 17.5 Å². The van der Waals surface area contributed by atoms with E-state index in [1.54, 1.807) is 61.5 Å². The summed E-state index contributed by atoms with van der Waals surface area (Å²) < 4.78 is 47.7. The van der Waals surface area contributed by atoms with E-state index in [0.717, 1.165) is 0 Å². The topological polar surface area (TPSA) is 79.6 Å². The van der Waals surface area contributed by atoms with E-state index in [1.807, 2.05) is 10.8 Å². The number of nitrogens with one attached hydrogen (secondary N) is 1. The van der Waals surface area contributed by atoms with Gasteiger partial charge in [0, 0.05) is 31.1 Å². The highest BCUT2D eigenvalue weighted by molar-refractivity contribution is 7.90. The summed E-state index contributed by atoms with van der Waals surface area (Å²) in [7, 11) is -0.839. The van der Waals surface area contributed by atoms with E-state index in [0.29, 0.717) is 22.2 Å². The molecule has 8 heteroatoms. The van der Waals surface area contributed by atoms with Gasteiger partial charge < -0.3 is 9.32 Å². The molecule has 0 fully saturated rings. The third-order valence-electron chi connectivity index (χ3n) is 4.78. The van der Waals surface area contributed by atoms with Crippen molar-refractivity contribution in [3.05, 3.63) is 84.4 Å². The Morgan fingerprint density at radius 1 is 0.968 bits per heavy atom. The van der Waals surface area contributed by atoms with Crippen molar-refractivity contribution in [2.45, 2.75) is 4.90 Å². The number of fused-ring (bicyclic) bond motifs is 1. The number of hydrogen-bond acceptors (Lipinski definition) is 5. The zero-order chi connectivity index (χ0) is 22.2. The van der Waals surface area contributed by atoms with Crippen molar-refractivity contribution in [3.8, 4) is 11.1 Å². The fourth-order valence-electron chi connectivity index (χ4n) is 3.29. The van der Waals surface area contributed by atoms with Gasteiger partial charge in [0.1, 0.15) is 11.4 Å². The maximum atomic E-state index is 14.2. The van der Waals surface area contributed by atoms with Gasteiger partial charge in [-0.15, -0.1) is 0 Å². The second-order valence-electron chi connectivity index (χ2n) is 7.14. The molecule has 1 amide bonds. The van der Waals surface area contributed by atoms with E-state index in [4.69, 9.17) is 4.42 Å². The Kier molecular flexibility index (Phi) is 5.24. The summed E-state index contributed by atoms with van der Waals surface area (Å²) in [6, 6.07) is 19.4. The number of carbonyl (C=O) groups excluding carboxylic acids is 1. The normalized spacial score (nSPS) is 11.5. The van der Waals surface area contributed by atoms with Crippen molar-refractivity contribution in [2.24, 2.45) is 0 Å². The van der Waals surface area contributed by atoms with Crippen molar-refractivity contribution in [1.82, 2.24) is 4.72 Å². The number of sulfonamides is 1. The molecule has 1 heterocycles. The Morgan fingerprint density at radius 2 is 1.65 bits per heavy atom. The summed E-state index contributed by atoms with van der Waals surface area (Å²) >= 11 is 0. The van der Waals surface area contributed by atoms with Crippen molar-refractivity contribution in [1.29, 1.82) is 0 Å². The summed E-state index contributed by atoms with van der Waals surface area (Å²) in [4.78, 5) is 14.2. The number of anilines is 1. The Labute approximate surface area is 179 Å². The van der Waals surface area contributed by atoms with Gasteiger partial charge >= 0.3 is 5.91 Å². The summed E-state index contributed by atoms with van der Waals surface area (Å²) in [6.07, 6.45) is 0. The Morgan fingerprint density at radius 3 is 2.35 bits per heavy atom. The summed E-state index contributed by atoms with van der Waals surface area (Å²) in [6.45, 7) is 0. The molecule has 0 saturated carbocycles. The lowest BCUT2D eigenvalue weighted by atomic mass is 10.1. The Balaban J connectivity index is 1.68. The highest BCUT2D eigenvalue weighted by atomic mass is 32.2. The van der Waals surface area contributed by atoms with Crippen LogP contribution >= 0.6 is 0 Å². The average molecular weight is 438 g/mol. The SMILES string of the molecule is CN(C)c1cc2oc(C(=O)NS(=O)(=O)c3ccccc3-c3ccccc3)cc2cc1F. The molecule has 0 unspecified atom stereocenters. The molecule has 0 aliphatic rings. The van der Waals surface area contributed by atoms with E-state index >= 15 is 0 Å². The zero-order valence-corrected chi connectivity index (χ0v) is 17.6. The van der Waals surface area contributed by atoms with E-state index in [2.05, 4.69) is 0 Å². The van der Waals surface area contributed by atoms with Crippen molar-refractivity contribution in [2.75, 3.05) is 19.0 Å². The molecule has 1 aromatic heterocycles. The Bertz CT molecular complexity index is 1380. The molecule has 4 rings (SSSR count). The van der Waals surface area contributed by atoms with Crippen molar-refractivity contribution >= 4 is 32.6 Å². The quantitative estimate of drug-likeness (QED) is 0.499. The first kappa shape index (κ1) is 20.6. The highest BCUT2D eigenvalue weighted by Gasteiger charge is 2.24. The number of rotatable bonds is 5. The van der Waals surface area contributed by atoms with Gasteiger partial charge in [0.05, 0.1) is 10.6 Å². The number of amides is 1. The van der Waals surface area contributed by atoms with Gasteiger partial charge in [0.2, 0.25) is 0 Å². The summed E-state index contributed by atoms with van der Waals surface area (Å²) in [5, 5.41) is 0.357. The van der Waals surface area contributed by atoms with Crippen LogP contribution in [0.4, 0.5) is 10.1 Å².